The first-order valence-electron chi connectivity index (χ1n) is 12.5. The highest BCUT2D eigenvalue weighted by molar-refractivity contribution is 6.11. The van der Waals surface area contributed by atoms with Crippen molar-refractivity contribution in [1.82, 2.24) is 14.9 Å². The zero-order chi connectivity index (χ0) is 26.0. The second-order valence-electron chi connectivity index (χ2n) is 10.2. The summed E-state index contributed by atoms with van der Waals surface area (Å²) in [5.41, 5.74) is 2.61. The molecule has 2 aromatic heterocycles. The van der Waals surface area contributed by atoms with Crippen molar-refractivity contribution in [2.75, 3.05) is 44.8 Å². The fraction of sp³-hybridized carbons (Fsp3) is 0.357. The number of carbonyl (C=O) groups excluding carboxylic acids is 2. The van der Waals surface area contributed by atoms with Crippen LogP contribution < -0.4 is 10.1 Å². The molecule has 4 aromatic rings. The number of aromatic nitrogens is 2. The third kappa shape index (κ3) is 6.12. The molecule has 2 aromatic carbocycles. The monoisotopic (exact) mass is 504 g/mol. The summed E-state index contributed by atoms with van der Waals surface area (Å²) < 4.78 is 16.6. The van der Waals surface area contributed by atoms with Gasteiger partial charge in [0, 0.05) is 47.1 Å². The molecule has 9 nitrogen and oxygen atoms in total. The minimum atomic E-state index is -0.586. The number of nitrogens with zero attached hydrogens (tertiary/aromatic N) is 1. The van der Waals surface area contributed by atoms with Gasteiger partial charge >= 0.3 is 6.09 Å². The van der Waals surface area contributed by atoms with Crippen LogP contribution in [0.5, 0.6) is 5.75 Å². The molecule has 0 bridgehead atoms. The highest BCUT2D eigenvalue weighted by Crippen LogP contribution is 2.25. The Morgan fingerprint density at radius 2 is 1.59 bits per heavy atom. The van der Waals surface area contributed by atoms with E-state index >= 15 is 0 Å². The van der Waals surface area contributed by atoms with Crippen molar-refractivity contribution in [2.24, 2.45) is 0 Å². The van der Waals surface area contributed by atoms with E-state index in [9.17, 15) is 9.59 Å². The molecule has 37 heavy (non-hydrogen) atoms. The number of fused-ring (bicyclic) bond motifs is 2. The molecule has 1 fully saturated rings. The fourth-order valence-corrected chi connectivity index (χ4v) is 4.34. The Hall–Kier alpha value is -3.82. The van der Waals surface area contributed by atoms with E-state index in [0.29, 0.717) is 23.7 Å². The van der Waals surface area contributed by atoms with Crippen LogP contribution in [-0.4, -0.2) is 71.8 Å². The van der Waals surface area contributed by atoms with Gasteiger partial charge in [-0.2, -0.15) is 0 Å². The second-order valence-corrected chi connectivity index (χ2v) is 10.2. The van der Waals surface area contributed by atoms with Gasteiger partial charge in [-0.05, 0) is 69.3 Å². The van der Waals surface area contributed by atoms with Crippen molar-refractivity contribution >= 4 is 39.4 Å². The summed E-state index contributed by atoms with van der Waals surface area (Å²) in [7, 11) is 0. The maximum Gasteiger partial charge on any atom is 0.412 e. The summed E-state index contributed by atoms with van der Waals surface area (Å²) in [6, 6.07) is 14.8. The van der Waals surface area contributed by atoms with Gasteiger partial charge in [0.25, 0.3) is 0 Å². The average Bonchev–Trinajstić information content (AvgIpc) is 3.47. The number of hydrogen-bond donors (Lipinski definition) is 3. The number of amides is 1. The highest BCUT2D eigenvalue weighted by Gasteiger charge is 2.18. The van der Waals surface area contributed by atoms with Crippen molar-refractivity contribution < 1.29 is 23.8 Å². The molecule has 1 aliphatic rings. The zero-order valence-electron chi connectivity index (χ0n) is 21.3. The van der Waals surface area contributed by atoms with Gasteiger partial charge in [-0.25, -0.2) is 4.79 Å². The fourth-order valence-electron chi connectivity index (χ4n) is 4.34. The smallest absolute Gasteiger partial charge is 0.412 e. The third-order valence-corrected chi connectivity index (χ3v) is 6.13. The molecule has 3 heterocycles. The number of aromatic amines is 2. The summed E-state index contributed by atoms with van der Waals surface area (Å²) >= 11 is 0. The van der Waals surface area contributed by atoms with Crippen molar-refractivity contribution in [2.45, 2.75) is 26.4 Å². The number of H-pyrrole nitrogens is 2. The molecule has 0 unspecified atom stereocenters. The quantitative estimate of drug-likeness (QED) is 0.308. The number of hydrogen-bond acceptors (Lipinski definition) is 6. The average molecular weight is 505 g/mol. The van der Waals surface area contributed by atoms with Gasteiger partial charge in [-0.15, -0.1) is 0 Å². The molecule has 5 rings (SSSR count). The van der Waals surface area contributed by atoms with Crippen LogP contribution in [0.4, 0.5) is 10.5 Å². The number of benzene rings is 2. The number of rotatable bonds is 7. The molecule has 0 aliphatic carbocycles. The molecule has 3 N–H and O–H groups in total. The van der Waals surface area contributed by atoms with Gasteiger partial charge in [-0.3, -0.25) is 15.0 Å². The Bertz CT molecular complexity index is 1430. The Kier molecular flexibility index (Phi) is 6.90. The Morgan fingerprint density at radius 3 is 2.27 bits per heavy atom. The zero-order valence-corrected chi connectivity index (χ0v) is 21.3. The predicted octanol–water partition coefficient (Wildman–Crippen LogP) is 4.94. The van der Waals surface area contributed by atoms with Crippen LogP contribution in [0, 0.1) is 0 Å². The molecular weight excluding hydrogens is 472 g/mol. The molecule has 9 heteroatoms. The van der Waals surface area contributed by atoms with Gasteiger partial charge in [0.05, 0.1) is 24.6 Å². The number of ether oxygens (including phenoxy) is 3. The van der Waals surface area contributed by atoms with Crippen LogP contribution in [-0.2, 0) is 9.47 Å². The Labute approximate surface area is 215 Å². The largest absolute Gasteiger partial charge is 0.492 e. The van der Waals surface area contributed by atoms with E-state index in [0.717, 1.165) is 60.4 Å². The highest BCUT2D eigenvalue weighted by atomic mass is 16.6. The summed E-state index contributed by atoms with van der Waals surface area (Å²) in [5, 5.41) is 4.45. The molecule has 0 radical (unpaired) electrons. The van der Waals surface area contributed by atoms with E-state index in [4.69, 9.17) is 14.2 Å². The van der Waals surface area contributed by atoms with Crippen molar-refractivity contribution in [1.29, 1.82) is 0 Å². The molecule has 1 saturated heterocycles. The standard InChI is InChI=1S/C28H32N4O5/c1-28(2,3)37-27(34)29-20-4-6-22-18(14-20)16-24(30-22)26(33)25-17-19-15-21(5-7-23(19)31-25)36-13-10-32-8-11-35-12-9-32/h4-7,14-17,30-31H,8-13H2,1-3H3,(H,29,34). The summed E-state index contributed by atoms with van der Waals surface area (Å²) in [6.45, 7) is 10.3. The van der Waals surface area contributed by atoms with Gasteiger partial charge in [0.2, 0.25) is 5.78 Å². The number of morpholine rings is 1. The van der Waals surface area contributed by atoms with Crippen molar-refractivity contribution in [3.05, 3.63) is 59.9 Å². The molecule has 0 atom stereocenters. The normalized spacial score (nSPS) is 14.7. The van der Waals surface area contributed by atoms with Crippen LogP contribution in [0.3, 0.4) is 0 Å². The lowest BCUT2D eigenvalue weighted by atomic mass is 10.2. The lowest BCUT2D eigenvalue weighted by molar-refractivity contribution is 0.0322. The van der Waals surface area contributed by atoms with Crippen LogP contribution in [0.2, 0.25) is 0 Å². The van der Waals surface area contributed by atoms with Crippen molar-refractivity contribution in [3.8, 4) is 5.75 Å². The molecule has 1 aliphatic heterocycles. The minimum absolute atomic E-state index is 0.149. The van der Waals surface area contributed by atoms with Crippen LogP contribution in [0.15, 0.2) is 48.5 Å². The van der Waals surface area contributed by atoms with Crippen LogP contribution in [0.1, 0.15) is 37.0 Å². The SMILES string of the molecule is CC(C)(C)OC(=O)Nc1ccc2[nH]c(C(=O)c3cc4cc(OCCN5CCOCC5)ccc4[nH]3)cc2c1. The van der Waals surface area contributed by atoms with E-state index < -0.39 is 11.7 Å². The van der Waals surface area contributed by atoms with E-state index in [1.165, 1.54) is 0 Å². The number of ketones is 1. The number of nitrogens with one attached hydrogen (secondary N) is 3. The van der Waals surface area contributed by atoms with Gasteiger partial charge in [-0.1, -0.05) is 0 Å². The van der Waals surface area contributed by atoms with Crippen LogP contribution >= 0.6 is 0 Å². The summed E-state index contributed by atoms with van der Waals surface area (Å²) in [5.74, 6) is 0.623. The van der Waals surface area contributed by atoms with Gasteiger partial charge in [0.15, 0.2) is 0 Å². The summed E-state index contributed by atoms with van der Waals surface area (Å²) in [4.78, 5) is 34.0. The second kappa shape index (κ2) is 10.3. The first-order chi connectivity index (χ1) is 17.7. The van der Waals surface area contributed by atoms with Crippen molar-refractivity contribution in [3.63, 3.8) is 0 Å². The first kappa shape index (κ1) is 24.9. The summed E-state index contributed by atoms with van der Waals surface area (Å²) in [6.07, 6.45) is -0.527. The molecule has 0 saturated carbocycles. The third-order valence-electron chi connectivity index (χ3n) is 6.13. The van der Waals surface area contributed by atoms with Gasteiger partial charge < -0.3 is 24.2 Å². The van der Waals surface area contributed by atoms with E-state index in [2.05, 4.69) is 20.2 Å². The van der Waals surface area contributed by atoms with E-state index in [-0.39, 0.29) is 5.78 Å². The Balaban J connectivity index is 1.26. The maximum absolute atomic E-state index is 13.2. The minimum Gasteiger partial charge on any atom is -0.492 e. The molecule has 0 spiro atoms. The topological polar surface area (TPSA) is 109 Å². The molecular formula is C28H32N4O5. The van der Waals surface area contributed by atoms with E-state index in [1.54, 1.807) is 18.2 Å². The maximum atomic E-state index is 13.2. The van der Waals surface area contributed by atoms with E-state index in [1.807, 2.05) is 51.1 Å². The number of anilines is 1. The van der Waals surface area contributed by atoms with Crippen LogP contribution in [0.25, 0.3) is 21.8 Å². The predicted molar refractivity (Wildman–Crippen MR) is 143 cm³/mol. The first-order valence-corrected chi connectivity index (χ1v) is 12.5. The lowest BCUT2D eigenvalue weighted by Gasteiger charge is -2.26. The Morgan fingerprint density at radius 1 is 0.946 bits per heavy atom. The lowest BCUT2D eigenvalue weighted by Crippen LogP contribution is -2.38. The molecule has 1 amide bonds. The number of carbonyl (C=O) groups is 2. The van der Waals surface area contributed by atoms with Gasteiger partial charge in [0.1, 0.15) is 18.0 Å². The molecule has 194 valence electrons.